The van der Waals surface area contributed by atoms with Gasteiger partial charge in [-0.15, -0.1) is 0 Å². The molecule has 0 unspecified atom stereocenters. The van der Waals surface area contributed by atoms with Crippen molar-refractivity contribution in [3.05, 3.63) is 23.8 Å². The first-order valence-corrected chi connectivity index (χ1v) is 7.91. The SMILES string of the molecule is CCC(C)(C)N(C)S(=O)(=O)c1cc(CO)ccc1OC. The fourth-order valence-electron chi connectivity index (χ4n) is 1.72. The number of nitrogens with zero attached hydrogens (tertiary/aromatic N) is 1. The number of hydrogen-bond donors (Lipinski definition) is 1. The third-order valence-corrected chi connectivity index (χ3v) is 5.86. The average Bonchev–Trinajstić information content (AvgIpc) is 2.45. The number of aliphatic hydroxyl groups excluding tert-OH is 1. The van der Waals surface area contributed by atoms with Crippen LogP contribution >= 0.6 is 0 Å². The standard InChI is InChI=1S/C14H23NO4S/c1-6-14(2,3)15(4)20(17,18)13-9-11(10-16)7-8-12(13)19-5/h7-9,16H,6,10H2,1-5H3. The summed E-state index contributed by atoms with van der Waals surface area (Å²) in [6.07, 6.45) is 0.685. The van der Waals surface area contributed by atoms with Crippen molar-refractivity contribution in [1.82, 2.24) is 4.31 Å². The molecule has 0 spiro atoms. The van der Waals surface area contributed by atoms with E-state index in [4.69, 9.17) is 4.74 Å². The number of hydrogen-bond acceptors (Lipinski definition) is 4. The van der Waals surface area contributed by atoms with E-state index in [2.05, 4.69) is 0 Å². The predicted molar refractivity (Wildman–Crippen MR) is 78.2 cm³/mol. The van der Waals surface area contributed by atoms with Crippen LogP contribution in [0.25, 0.3) is 0 Å². The first-order chi connectivity index (χ1) is 9.20. The molecule has 1 rings (SSSR count). The van der Waals surface area contributed by atoms with Crippen molar-refractivity contribution in [3.63, 3.8) is 0 Å². The molecule has 0 aliphatic heterocycles. The lowest BCUT2D eigenvalue weighted by Crippen LogP contribution is -2.44. The van der Waals surface area contributed by atoms with E-state index in [0.717, 1.165) is 0 Å². The Labute approximate surface area is 121 Å². The third kappa shape index (κ3) is 3.13. The highest BCUT2D eigenvalue weighted by atomic mass is 32.2. The van der Waals surface area contributed by atoms with Gasteiger partial charge in [0.25, 0.3) is 0 Å². The quantitative estimate of drug-likeness (QED) is 0.872. The fourth-order valence-corrected chi connectivity index (χ4v) is 3.50. The summed E-state index contributed by atoms with van der Waals surface area (Å²) in [5.41, 5.74) is 0.0334. The number of rotatable bonds is 6. The highest BCUT2D eigenvalue weighted by Gasteiger charge is 2.34. The zero-order chi connectivity index (χ0) is 15.6. The Morgan fingerprint density at radius 3 is 2.40 bits per heavy atom. The summed E-state index contributed by atoms with van der Waals surface area (Å²) in [4.78, 5) is 0.0792. The molecule has 1 aromatic rings. The Morgan fingerprint density at radius 2 is 1.95 bits per heavy atom. The Bertz CT molecular complexity index is 567. The highest BCUT2D eigenvalue weighted by Crippen LogP contribution is 2.31. The molecule has 0 amide bonds. The number of ether oxygens (including phenoxy) is 1. The van der Waals surface area contributed by atoms with Gasteiger partial charge in [0, 0.05) is 12.6 Å². The van der Waals surface area contributed by atoms with Gasteiger partial charge in [-0.05, 0) is 38.0 Å². The molecule has 0 saturated carbocycles. The van der Waals surface area contributed by atoms with Crippen LogP contribution in [0.5, 0.6) is 5.75 Å². The predicted octanol–water partition coefficient (Wildman–Crippen LogP) is 2.00. The summed E-state index contributed by atoms with van der Waals surface area (Å²) in [7, 11) is -0.699. The zero-order valence-corrected chi connectivity index (χ0v) is 13.5. The van der Waals surface area contributed by atoms with Crippen LogP contribution in [0.1, 0.15) is 32.8 Å². The number of sulfonamides is 1. The van der Waals surface area contributed by atoms with Crippen LogP contribution < -0.4 is 4.74 Å². The molecule has 0 radical (unpaired) electrons. The summed E-state index contributed by atoms with van der Waals surface area (Å²) in [5.74, 6) is 0.279. The molecule has 0 saturated heterocycles. The van der Waals surface area contributed by atoms with Crippen LogP contribution in [-0.2, 0) is 16.6 Å². The summed E-state index contributed by atoms with van der Waals surface area (Å²) in [6.45, 7) is 5.46. The van der Waals surface area contributed by atoms with E-state index in [9.17, 15) is 13.5 Å². The summed E-state index contributed by atoms with van der Waals surface area (Å²) >= 11 is 0. The van der Waals surface area contributed by atoms with Crippen molar-refractivity contribution in [2.24, 2.45) is 0 Å². The minimum atomic E-state index is -3.69. The van der Waals surface area contributed by atoms with E-state index < -0.39 is 15.6 Å². The lowest BCUT2D eigenvalue weighted by molar-refractivity contribution is 0.256. The van der Waals surface area contributed by atoms with Crippen LogP contribution in [0, 0.1) is 0 Å². The molecule has 5 nitrogen and oxygen atoms in total. The van der Waals surface area contributed by atoms with Gasteiger partial charge in [0.05, 0.1) is 13.7 Å². The molecule has 0 aliphatic carbocycles. The Kier molecular flexibility index (Phi) is 5.18. The van der Waals surface area contributed by atoms with E-state index in [-0.39, 0.29) is 17.3 Å². The molecular formula is C14H23NO4S. The van der Waals surface area contributed by atoms with Crippen LogP contribution in [0.2, 0.25) is 0 Å². The van der Waals surface area contributed by atoms with Gasteiger partial charge in [-0.3, -0.25) is 0 Å². The minimum Gasteiger partial charge on any atom is -0.495 e. The molecular weight excluding hydrogens is 278 g/mol. The average molecular weight is 301 g/mol. The Balaban J connectivity index is 3.41. The van der Waals surface area contributed by atoms with E-state index in [0.29, 0.717) is 12.0 Å². The van der Waals surface area contributed by atoms with Gasteiger partial charge in [0.2, 0.25) is 10.0 Å². The molecule has 1 N–H and O–H groups in total. The summed E-state index contributed by atoms with van der Waals surface area (Å²) < 4.78 is 32.0. The van der Waals surface area contributed by atoms with Crippen LogP contribution in [-0.4, -0.2) is 37.5 Å². The van der Waals surface area contributed by atoms with Gasteiger partial charge >= 0.3 is 0 Å². The van der Waals surface area contributed by atoms with Crippen molar-refractivity contribution in [2.75, 3.05) is 14.2 Å². The molecule has 0 aliphatic rings. The lowest BCUT2D eigenvalue weighted by Gasteiger charge is -2.34. The Hall–Kier alpha value is -1.11. The van der Waals surface area contributed by atoms with E-state index in [1.54, 1.807) is 19.2 Å². The van der Waals surface area contributed by atoms with Gasteiger partial charge in [0.1, 0.15) is 10.6 Å². The highest BCUT2D eigenvalue weighted by molar-refractivity contribution is 7.89. The fraction of sp³-hybridized carbons (Fsp3) is 0.571. The second-order valence-corrected chi connectivity index (χ2v) is 7.22. The van der Waals surface area contributed by atoms with Gasteiger partial charge < -0.3 is 9.84 Å². The molecule has 0 fully saturated rings. The molecule has 0 atom stereocenters. The molecule has 0 aromatic heterocycles. The molecule has 6 heteroatoms. The third-order valence-electron chi connectivity index (χ3n) is 3.77. The maximum atomic E-state index is 12.7. The maximum absolute atomic E-state index is 12.7. The van der Waals surface area contributed by atoms with Crippen LogP contribution in [0.15, 0.2) is 23.1 Å². The molecule has 0 heterocycles. The van der Waals surface area contributed by atoms with Gasteiger partial charge in [-0.1, -0.05) is 13.0 Å². The van der Waals surface area contributed by atoms with E-state index >= 15 is 0 Å². The number of benzene rings is 1. The monoisotopic (exact) mass is 301 g/mol. The van der Waals surface area contributed by atoms with Crippen molar-refractivity contribution in [3.8, 4) is 5.75 Å². The second-order valence-electron chi connectivity index (χ2n) is 5.28. The Morgan fingerprint density at radius 1 is 1.35 bits per heavy atom. The minimum absolute atomic E-state index is 0.0792. The van der Waals surface area contributed by atoms with Gasteiger partial charge in [0.15, 0.2) is 0 Å². The molecule has 1 aromatic carbocycles. The molecule has 114 valence electrons. The summed E-state index contributed by atoms with van der Waals surface area (Å²) in [5, 5.41) is 9.19. The smallest absolute Gasteiger partial charge is 0.247 e. The largest absolute Gasteiger partial charge is 0.495 e. The summed E-state index contributed by atoms with van der Waals surface area (Å²) in [6, 6.07) is 4.66. The number of methoxy groups -OCH3 is 1. The maximum Gasteiger partial charge on any atom is 0.247 e. The van der Waals surface area contributed by atoms with Crippen molar-refractivity contribution < 1.29 is 18.3 Å². The van der Waals surface area contributed by atoms with Crippen molar-refractivity contribution >= 4 is 10.0 Å². The van der Waals surface area contributed by atoms with Gasteiger partial charge in [-0.25, -0.2) is 8.42 Å². The second kappa shape index (κ2) is 6.11. The molecule has 0 bridgehead atoms. The van der Waals surface area contributed by atoms with Gasteiger partial charge in [-0.2, -0.15) is 4.31 Å². The van der Waals surface area contributed by atoms with Crippen LogP contribution in [0.3, 0.4) is 0 Å². The lowest BCUT2D eigenvalue weighted by atomic mass is 10.0. The first kappa shape index (κ1) is 16.9. The van der Waals surface area contributed by atoms with Crippen molar-refractivity contribution in [1.29, 1.82) is 0 Å². The first-order valence-electron chi connectivity index (χ1n) is 6.47. The van der Waals surface area contributed by atoms with E-state index in [1.807, 2.05) is 20.8 Å². The number of aliphatic hydroxyl groups is 1. The van der Waals surface area contributed by atoms with Crippen LogP contribution in [0.4, 0.5) is 0 Å². The van der Waals surface area contributed by atoms with E-state index in [1.165, 1.54) is 17.5 Å². The normalized spacial score (nSPS) is 12.8. The zero-order valence-electron chi connectivity index (χ0n) is 12.7. The topological polar surface area (TPSA) is 66.8 Å². The molecule has 20 heavy (non-hydrogen) atoms. The van der Waals surface area contributed by atoms with Crippen molar-refractivity contribution in [2.45, 2.75) is 44.2 Å².